The minimum atomic E-state index is -1.26. The van der Waals surface area contributed by atoms with E-state index in [2.05, 4.69) is 10.5 Å². The number of carbonyl (C=O) groups excluding carboxylic acids is 4. The first kappa shape index (κ1) is 20.2. The number of esters is 3. The Morgan fingerprint density at radius 3 is 2.04 bits per heavy atom. The van der Waals surface area contributed by atoms with E-state index in [4.69, 9.17) is 24.2 Å². The van der Waals surface area contributed by atoms with Gasteiger partial charge in [-0.1, -0.05) is 5.16 Å². The van der Waals surface area contributed by atoms with Crippen LogP contribution in [-0.4, -0.2) is 65.9 Å². The van der Waals surface area contributed by atoms with Crippen molar-refractivity contribution in [3.8, 4) is 0 Å². The number of carbonyl (C=O) groups is 4. The highest BCUT2D eigenvalue weighted by Crippen LogP contribution is 2.24. The van der Waals surface area contributed by atoms with Crippen LogP contribution < -0.4 is 5.32 Å². The van der Waals surface area contributed by atoms with E-state index in [-0.39, 0.29) is 12.5 Å². The highest BCUT2D eigenvalue weighted by molar-refractivity contribution is 5.88. The standard InChI is InChI=1S/C14H20N2O9/c1-6(17)15-11-13(24-9(4)20)12(23-8(3)19)10(5-22-7(2)18)25-14(11)16-21/h10-13,21H,5H2,1-4H3,(H,15,17)/b16-14-/t10-,11-,12-,13-/m1/s1. The van der Waals surface area contributed by atoms with Gasteiger partial charge in [-0.25, -0.2) is 0 Å². The summed E-state index contributed by atoms with van der Waals surface area (Å²) in [4.78, 5) is 45.3. The predicted octanol–water partition coefficient (Wildman–Crippen LogP) is -0.896. The summed E-state index contributed by atoms with van der Waals surface area (Å²) >= 11 is 0. The molecule has 1 fully saturated rings. The predicted molar refractivity (Wildman–Crippen MR) is 79.4 cm³/mol. The number of hydrogen-bond acceptors (Lipinski definition) is 10. The Morgan fingerprint density at radius 1 is 1.04 bits per heavy atom. The molecule has 0 unspecified atom stereocenters. The molecule has 1 amide bonds. The van der Waals surface area contributed by atoms with Crippen LogP contribution in [0.15, 0.2) is 5.16 Å². The van der Waals surface area contributed by atoms with Gasteiger partial charge in [-0.3, -0.25) is 19.2 Å². The van der Waals surface area contributed by atoms with E-state index in [1.807, 2.05) is 0 Å². The van der Waals surface area contributed by atoms with Gasteiger partial charge in [0.05, 0.1) is 0 Å². The molecule has 25 heavy (non-hydrogen) atoms. The summed E-state index contributed by atoms with van der Waals surface area (Å²) in [5.41, 5.74) is 0. The van der Waals surface area contributed by atoms with Gasteiger partial charge in [-0.05, 0) is 0 Å². The average Bonchev–Trinajstić information content (AvgIpc) is 2.48. The third-order valence-electron chi connectivity index (χ3n) is 3.07. The fourth-order valence-electron chi connectivity index (χ4n) is 2.28. The molecule has 11 heteroatoms. The normalized spacial score (nSPS) is 27.0. The van der Waals surface area contributed by atoms with Crippen LogP contribution in [-0.2, 0) is 38.1 Å². The van der Waals surface area contributed by atoms with E-state index in [1.165, 1.54) is 6.92 Å². The molecule has 0 saturated carbocycles. The minimum absolute atomic E-state index is 0.364. The summed E-state index contributed by atoms with van der Waals surface area (Å²) in [6, 6.07) is -1.20. The summed E-state index contributed by atoms with van der Waals surface area (Å²) in [6.45, 7) is 4.22. The molecule has 2 N–H and O–H groups in total. The molecule has 1 aliphatic rings. The van der Waals surface area contributed by atoms with Crippen LogP contribution in [0.5, 0.6) is 0 Å². The molecule has 1 heterocycles. The number of oxime groups is 1. The molecular weight excluding hydrogens is 340 g/mol. The molecule has 0 radical (unpaired) electrons. The third kappa shape index (κ3) is 5.94. The van der Waals surface area contributed by atoms with E-state index in [1.54, 1.807) is 0 Å². The third-order valence-corrected chi connectivity index (χ3v) is 3.07. The monoisotopic (exact) mass is 360 g/mol. The van der Waals surface area contributed by atoms with Crippen molar-refractivity contribution in [2.75, 3.05) is 6.61 Å². The van der Waals surface area contributed by atoms with Gasteiger partial charge in [0, 0.05) is 27.7 Å². The van der Waals surface area contributed by atoms with Gasteiger partial charge in [-0.2, -0.15) is 0 Å². The van der Waals surface area contributed by atoms with Gasteiger partial charge in [0.2, 0.25) is 5.91 Å². The SMILES string of the molecule is CC(=O)N[C@H]1/C(=N/O)O[C@H](COC(C)=O)[C@@H](OC(C)=O)[C@@H]1OC(C)=O. The maximum Gasteiger partial charge on any atom is 0.303 e. The molecule has 1 aliphatic heterocycles. The lowest BCUT2D eigenvalue weighted by Gasteiger charge is -2.41. The number of nitrogens with one attached hydrogen (secondary N) is 1. The molecule has 0 aromatic heterocycles. The van der Waals surface area contributed by atoms with Crippen LogP contribution in [0.1, 0.15) is 27.7 Å². The number of hydrogen-bond donors (Lipinski definition) is 2. The van der Waals surface area contributed by atoms with Gasteiger partial charge >= 0.3 is 17.9 Å². The van der Waals surface area contributed by atoms with Crippen molar-refractivity contribution in [2.45, 2.75) is 52.0 Å². The van der Waals surface area contributed by atoms with Crippen molar-refractivity contribution in [1.82, 2.24) is 5.32 Å². The van der Waals surface area contributed by atoms with Gasteiger partial charge in [-0.15, -0.1) is 0 Å². The van der Waals surface area contributed by atoms with Crippen molar-refractivity contribution in [1.29, 1.82) is 0 Å². The molecule has 4 atom stereocenters. The van der Waals surface area contributed by atoms with Gasteiger partial charge in [0.25, 0.3) is 5.90 Å². The van der Waals surface area contributed by atoms with Crippen molar-refractivity contribution < 1.29 is 43.3 Å². The fraction of sp³-hybridized carbons (Fsp3) is 0.643. The molecule has 1 saturated heterocycles. The molecular formula is C14H20N2O9. The first-order valence-corrected chi connectivity index (χ1v) is 7.29. The van der Waals surface area contributed by atoms with Crippen LogP contribution >= 0.6 is 0 Å². The number of nitrogens with zero attached hydrogens (tertiary/aromatic N) is 1. The molecule has 0 aliphatic carbocycles. The molecule has 0 aromatic carbocycles. The fourth-order valence-corrected chi connectivity index (χ4v) is 2.28. The Balaban J connectivity index is 3.23. The highest BCUT2D eigenvalue weighted by Gasteiger charge is 2.50. The largest absolute Gasteiger partial charge is 0.466 e. The Kier molecular flexibility index (Phi) is 7.15. The lowest BCUT2D eigenvalue weighted by molar-refractivity contribution is -0.186. The van der Waals surface area contributed by atoms with Crippen LogP contribution in [0.2, 0.25) is 0 Å². The highest BCUT2D eigenvalue weighted by atomic mass is 16.6. The second-order valence-electron chi connectivity index (χ2n) is 5.22. The molecule has 11 nitrogen and oxygen atoms in total. The Hall–Kier alpha value is -2.85. The topological polar surface area (TPSA) is 150 Å². The Labute approximate surface area is 143 Å². The quantitative estimate of drug-likeness (QED) is 0.275. The minimum Gasteiger partial charge on any atom is -0.466 e. The number of rotatable bonds is 5. The van der Waals surface area contributed by atoms with Crippen LogP contribution in [0.4, 0.5) is 0 Å². The molecule has 140 valence electrons. The smallest absolute Gasteiger partial charge is 0.303 e. The average molecular weight is 360 g/mol. The van der Waals surface area contributed by atoms with E-state index in [9.17, 15) is 19.2 Å². The molecule has 0 aromatic rings. The van der Waals surface area contributed by atoms with E-state index in [0.29, 0.717) is 0 Å². The zero-order valence-corrected chi connectivity index (χ0v) is 14.2. The Bertz CT molecular complexity index is 575. The number of amides is 1. The van der Waals surface area contributed by atoms with Gasteiger partial charge in [0.1, 0.15) is 12.6 Å². The second kappa shape index (κ2) is 8.85. The first-order chi connectivity index (χ1) is 11.6. The van der Waals surface area contributed by atoms with Crippen molar-refractivity contribution in [2.24, 2.45) is 5.16 Å². The van der Waals surface area contributed by atoms with E-state index in [0.717, 1.165) is 20.8 Å². The second-order valence-corrected chi connectivity index (χ2v) is 5.22. The summed E-state index contributed by atoms with van der Waals surface area (Å²) in [6.07, 6.45) is -3.60. The maximum absolute atomic E-state index is 11.4. The lowest BCUT2D eigenvalue weighted by atomic mass is 9.96. The molecule has 0 spiro atoms. The van der Waals surface area contributed by atoms with Gasteiger partial charge < -0.3 is 29.5 Å². The molecule has 0 bridgehead atoms. The van der Waals surface area contributed by atoms with Crippen molar-refractivity contribution >= 4 is 29.7 Å². The zero-order valence-electron chi connectivity index (χ0n) is 14.2. The summed E-state index contributed by atoms with van der Waals surface area (Å²) < 4.78 is 20.5. The van der Waals surface area contributed by atoms with E-state index < -0.39 is 48.2 Å². The maximum atomic E-state index is 11.4. The molecule has 1 rings (SSSR count). The van der Waals surface area contributed by atoms with Crippen molar-refractivity contribution in [3.05, 3.63) is 0 Å². The number of ether oxygens (including phenoxy) is 4. The van der Waals surface area contributed by atoms with Crippen molar-refractivity contribution in [3.63, 3.8) is 0 Å². The summed E-state index contributed by atoms with van der Waals surface area (Å²) in [7, 11) is 0. The Morgan fingerprint density at radius 2 is 1.60 bits per heavy atom. The van der Waals surface area contributed by atoms with Gasteiger partial charge in [0.15, 0.2) is 18.3 Å². The zero-order chi connectivity index (χ0) is 19.1. The van der Waals surface area contributed by atoms with Crippen LogP contribution in [0.3, 0.4) is 0 Å². The van der Waals surface area contributed by atoms with E-state index >= 15 is 0 Å². The lowest BCUT2D eigenvalue weighted by Crippen LogP contribution is -2.64. The summed E-state index contributed by atoms with van der Waals surface area (Å²) in [5.74, 6) is -3.00. The summed E-state index contributed by atoms with van der Waals surface area (Å²) in [5, 5.41) is 14.5. The van der Waals surface area contributed by atoms with Crippen LogP contribution in [0, 0.1) is 0 Å². The van der Waals surface area contributed by atoms with Crippen LogP contribution in [0.25, 0.3) is 0 Å². The first-order valence-electron chi connectivity index (χ1n) is 7.29.